The normalized spacial score (nSPS) is 10.0. The maximum absolute atomic E-state index is 11.4. The highest BCUT2D eigenvalue weighted by molar-refractivity contribution is 5.90. The number of carbonyl (C=O) groups excluding carboxylic acids is 3. The average Bonchev–Trinajstić information content (AvgIpc) is 2.93. The minimum absolute atomic E-state index is 0.124. The lowest BCUT2D eigenvalue weighted by atomic mass is 10.2. The van der Waals surface area contributed by atoms with Crippen LogP contribution in [0.1, 0.15) is 78.5 Å². The van der Waals surface area contributed by atoms with Crippen molar-refractivity contribution >= 4 is 17.9 Å². The molecule has 0 aliphatic rings. The molecule has 0 aliphatic carbocycles. The van der Waals surface area contributed by atoms with Crippen molar-refractivity contribution in [3.05, 3.63) is 89.5 Å². The first-order chi connectivity index (χ1) is 19.4. The van der Waals surface area contributed by atoms with Crippen LogP contribution in [-0.4, -0.2) is 52.5 Å². The number of benzene rings is 3. The molecule has 0 atom stereocenters. The molecule has 0 saturated carbocycles. The molecule has 3 aromatic carbocycles. The summed E-state index contributed by atoms with van der Waals surface area (Å²) >= 11 is 0. The topological polar surface area (TPSA) is 140 Å². The van der Waals surface area contributed by atoms with Crippen molar-refractivity contribution in [3.8, 4) is 17.2 Å². The molecule has 3 aromatic rings. The second kappa shape index (κ2) is 18.7. The van der Waals surface area contributed by atoms with E-state index < -0.39 is 0 Å². The molecular formula is C32H40O9. The summed E-state index contributed by atoms with van der Waals surface area (Å²) in [5.41, 5.74) is 1.38. The molecule has 0 heterocycles. The molecule has 0 bridgehead atoms. The molecule has 0 fully saturated rings. The number of rotatable bonds is 9. The summed E-state index contributed by atoms with van der Waals surface area (Å²) in [4.78, 5) is 33.9. The number of hydrogen-bond acceptors (Lipinski definition) is 9. The first-order valence-corrected chi connectivity index (χ1v) is 13.3. The van der Waals surface area contributed by atoms with E-state index in [0.29, 0.717) is 35.8 Å². The first kappa shape index (κ1) is 34.5. The summed E-state index contributed by atoms with van der Waals surface area (Å²) in [5, 5.41) is 27.0. The predicted octanol–water partition coefficient (Wildman–Crippen LogP) is 6.51. The van der Waals surface area contributed by atoms with Gasteiger partial charge in [-0.3, -0.25) is 0 Å². The monoisotopic (exact) mass is 568 g/mol. The van der Waals surface area contributed by atoms with Crippen LogP contribution in [0.5, 0.6) is 17.2 Å². The number of phenols is 3. The van der Waals surface area contributed by atoms with E-state index in [1.165, 1.54) is 60.7 Å². The Morgan fingerprint density at radius 3 is 1.32 bits per heavy atom. The van der Waals surface area contributed by atoms with Crippen LogP contribution in [0, 0.1) is 5.92 Å². The molecule has 3 rings (SSSR count). The summed E-state index contributed by atoms with van der Waals surface area (Å²) in [6.07, 6.45) is 1.76. The Morgan fingerprint density at radius 2 is 0.976 bits per heavy atom. The van der Waals surface area contributed by atoms with Gasteiger partial charge in [0.15, 0.2) is 0 Å². The van der Waals surface area contributed by atoms with Crippen LogP contribution >= 0.6 is 0 Å². The molecule has 9 nitrogen and oxygen atoms in total. The molecule has 0 aliphatic heterocycles. The van der Waals surface area contributed by atoms with Gasteiger partial charge in [-0.2, -0.15) is 0 Å². The standard InChI is InChI=1S/2C11H14O3.C10H12O3/c1-8(2)7-14-11(13)9-3-5-10(12)6-4-9;1-2-3-8-14-11(13)9-4-6-10(12)7-5-9;1-7(2)13-10(12)8-3-5-9(11)6-4-8/h3-6,8,12H,7H2,1-2H3;4-7,12H,2-3,8H2,1H3;3-7,11H,1-2H3. The van der Waals surface area contributed by atoms with E-state index in [9.17, 15) is 14.4 Å². The van der Waals surface area contributed by atoms with E-state index in [1.807, 2.05) is 20.8 Å². The van der Waals surface area contributed by atoms with E-state index in [4.69, 9.17) is 29.5 Å². The molecule has 0 spiro atoms. The largest absolute Gasteiger partial charge is 0.508 e. The zero-order chi connectivity index (χ0) is 30.8. The molecule has 0 saturated heterocycles. The fourth-order valence-electron chi connectivity index (χ4n) is 2.79. The maximum Gasteiger partial charge on any atom is 0.338 e. The quantitative estimate of drug-likeness (QED) is 0.150. The van der Waals surface area contributed by atoms with Crippen LogP contribution in [0.2, 0.25) is 0 Å². The fraction of sp³-hybridized carbons (Fsp3) is 0.344. The fourth-order valence-corrected chi connectivity index (χ4v) is 2.79. The van der Waals surface area contributed by atoms with Crippen molar-refractivity contribution in [2.24, 2.45) is 5.92 Å². The van der Waals surface area contributed by atoms with Crippen LogP contribution in [0.15, 0.2) is 72.8 Å². The number of hydrogen-bond donors (Lipinski definition) is 3. The SMILES string of the molecule is CC(C)COC(=O)c1ccc(O)cc1.CC(C)OC(=O)c1ccc(O)cc1.CCCCOC(=O)c1ccc(O)cc1. The van der Waals surface area contributed by atoms with Crippen molar-refractivity contribution in [2.45, 2.75) is 53.6 Å². The number of ether oxygens (including phenoxy) is 3. The van der Waals surface area contributed by atoms with E-state index in [0.717, 1.165) is 12.8 Å². The number of esters is 3. The summed E-state index contributed by atoms with van der Waals surface area (Å²) in [6, 6.07) is 18.0. The second-order valence-electron chi connectivity index (χ2n) is 9.58. The molecule has 0 amide bonds. The van der Waals surface area contributed by atoms with Crippen LogP contribution in [0.4, 0.5) is 0 Å². The maximum atomic E-state index is 11.4. The third-order valence-electron chi connectivity index (χ3n) is 4.93. The van der Waals surface area contributed by atoms with Crippen molar-refractivity contribution in [1.29, 1.82) is 0 Å². The van der Waals surface area contributed by atoms with Gasteiger partial charge in [-0.25, -0.2) is 14.4 Å². The van der Waals surface area contributed by atoms with Gasteiger partial charge in [0.25, 0.3) is 0 Å². The van der Waals surface area contributed by atoms with Gasteiger partial charge in [-0.05, 0) is 99.0 Å². The summed E-state index contributed by atoms with van der Waals surface area (Å²) in [7, 11) is 0. The predicted molar refractivity (Wildman–Crippen MR) is 155 cm³/mol. The molecule has 0 radical (unpaired) electrons. The van der Waals surface area contributed by atoms with Crippen LogP contribution in [0.25, 0.3) is 0 Å². The van der Waals surface area contributed by atoms with E-state index >= 15 is 0 Å². The van der Waals surface area contributed by atoms with Gasteiger partial charge in [0.2, 0.25) is 0 Å². The highest BCUT2D eigenvalue weighted by Gasteiger charge is 2.09. The van der Waals surface area contributed by atoms with Crippen molar-refractivity contribution in [3.63, 3.8) is 0 Å². The Kier molecular flexibility index (Phi) is 15.7. The lowest BCUT2D eigenvalue weighted by molar-refractivity contribution is 0.0376. The highest BCUT2D eigenvalue weighted by atomic mass is 16.5. The third-order valence-corrected chi connectivity index (χ3v) is 4.93. The van der Waals surface area contributed by atoms with Gasteiger partial charge in [-0.1, -0.05) is 27.2 Å². The van der Waals surface area contributed by atoms with Gasteiger partial charge >= 0.3 is 17.9 Å². The van der Waals surface area contributed by atoms with Gasteiger partial charge in [0.05, 0.1) is 36.0 Å². The lowest BCUT2D eigenvalue weighted by Crippen LogP contribution is -2.11. The van der Waals surface area contributed by atoms with Gasteiger partial charge < -0.3 is 29.5 Å². The van der Waals surface area contributed by atoms with Crippen molar-refractivity contribution in [2.75, 3.05) is 13.2 Å². The number of phenolic OH excluding ortho intramolecular Hbond substituents is 3. The molecule has 41 heavy (non-hydrogen) atoms. The smallest absolute Gasteiger partial charge is 0.338 e. The zero-order valence-electron chi connectivity index (χ0n) is 24.2. The van der Waals surface area contributed by atoms with Crippen LogP contribution < -0.4 is 0 Å². The van der Waals surface area contributed by atoms with E-state index in [1.54, 1.807) is 26.0 Å². The minimum Gasteiger partial charge on any atom is -0.508 e. The molecule has 3 N–H and O–H groups in total. The number of unbranched alkanes of at least 4 members (excludes halogenated alkanes) is 1. The molecule has 0 aromatic heterocycles. The van der Waals surface area contributed by atoms with Gasteiger partial charge in [-0.15, -0.1) is 0 Å². The van der Waals surface area contributed by atoms with Crippen LogP contribution in [-0.2, 0) is 14.2 Å². The van der Waals surface area contributed by atoms with E-state index in [2.05, 4.69) is 0 Å². The van der Waals surface area contributed by atoms with Crippen molar-refractivity contribution in [1.82, 2.24) is 0 Å². The Labute approximate surface area is 241 Å². The van der Waals surface area contributed by atoms with Gasteiger partial charge in [0.1, 0.15) is 17.2 Å². The number of aromatic hydroxyl groups is 3. The average molecular weight is 569 g/mol. The molecule has 222 valence electrons. The molecule has 9 heteroatoms. The zero-order valence-corrected chi connectivity index (χ0v) is 24.2. The highest BCUT2D eigenvalue weighted by Crippen LogP contribution is 2.13. The van der Waals surface area contributed by atoms with Crippen molar-refractivity contribution < 1.29 is 43.9 Å². The minimum atomic E-state index is -0.366. The molecular weight excluding hydrogens is 528 g/mol. The first-order valence-electron chi connectivity index (χ1n) is 13.3. The molecule has 0 unspecified atom stereocenters. The van der Waals surface area contributed by atoms with E-state index in [-0.39, 0.29) is 41.3 Å². The second-order valence-corrected chi connectivity index (χ2v) is 9.58. The third kappa shape index (κ3) is 15.0. The number of carbonyl (C=O) groups is 3. The van der Waals surface area contributed by atoms with Crippen LogP contribution in [0.3, 0.4) is 0 Å². The summed E-state index contributed by atoms with van der Waals surface area (Å²) < 4.78 is 15.0. The Balaban J connectivity index is 0.000000308. The summed E-state index contributed by atoms with van der Waals surface area (Å²) in [5.74, 6) is -0.287. The lowest BCUT2D eigenvalue weighted by Gasteiger charge is -2.07. The Hall–Kier alpha value is -4.53. The Bertz CT molecular complexity index is 1180. The summed E-state index contributed by atoms with van der Waals surface area (Å²) in [6.45, 7) is 10.4. The Morgan fingerprint density at radius 1 is 0.610 bits per heavy atom. The van der Waals surface area contributed by atoms with Gasteiger partial charge in [0, 0.05) is 0 Å².